The van der Waals surface area contributed by atoms with E-state index < -0.39 is 5.97 Å². The Hall–Kier alpha value is -1.56. The number of thiophene rings is 1. The zero-order valence-electron chi connectivity index (χ0n) is 10.7. The Kier molecular flexibility index (Phi) is 4.14. The lowest BCUT2D eigenvalue weighted by Gasteiger charge is -2.03. The van der Waals surface area contributed by atoms with Crippen LogP contribution in [0, 0.1) is 0 Å². The van der Waals surface area contributed by atoms with Crippen LogP contribution >= 0.6 is 34.7 Å². The number of rotatable bonds is 4. The Morgan fingerprint density at radius 3 is 2.76 bits per heavy atom. The molecular weight excluding hydrogens is 326 g/mol. The number of benzene rings is 1. The summed E-state index contributed by atoms with van der Waals surface area (Å²) in [6.45, 7) is 0. The molecule has 0 aliphatic heterocycles. The highest BCUT2D eigenvalue weighted by Gasteiger charge is 2.11. The average molecular weight is 336 g/mol. The van der Waals surface area contributed by atoms with Crippen molar-refractivity contribution in [1.82, 2.24) is 4.98 Å². The van der Waals surface area contributed by atoms with Gasteiger partial charge in [-0.25, -0.2) is 4.79 Å². The summed E-state index contributed by atoms with van der Waals surface area (Å²) >= 11 is 8.76. The molecular formula is C15H10ClNO2S2. The molecule has 3 nitrogen and oxygen atoms in total. The number of carboxylic acid groups (broad SMARTS) is 1. The van der Waals surface area contributed by atoms with Gasteiger partial charge in [0.05, 0.1) is 4.70 Å². The van der Waals surface area contributed by atoms with Crippen molar-refractivity contribution < 1.29 is 9.90 Å². The number of pyridine rings is 1. The summed E-state index contributed by atoms with van der Waals surface area (Å²) in [5, 5.41) is 10.8. The van der Waals surface area contributed by atoms with Gasteiger partial charge in [-0.2, -0.15) is 0 Å². The van der Waals surface area contributed by atoms with E-state index in [0.717, 1.165) is 31.3 Å². The van der Waals surface area contributed by atoms with E-state index in [1.807, 2.05) is 24.3 Å². The molecule has 0 aliphatic rings. The zero-order chi connectivity index (χ0) is 14.8. The Balaban J connectivity index is 1.86. The minimum atomic E-state index is -0.898. The van der Waals surface area contributed by atoms with E-state index in [1.54, 1.807) is 30.2 Å². The Labute approximate surface area is 134 Å². The Morgan fingerprint density at radius 2 is 2.05 bits per heavy atom. The topological polar surface area (TPSA) is 50.2 Å². The lowest BCUT2D eigenvalue weighted by Crippen LogP contribution is -1.89. The van der Waals surface area contributed by atoms with Gasteiger partial charge < -0.3 is 5.11 Å². The quantitative estimate of drug-likeness (QED) is 0.686. The van der Waals surface area contributed by atoms with E-state index in [9.17, 15) is 4.79 Å². The molecule has 1 N–H and O–H groups in total. The van der Waals surface area contributed by atoms with Crippen molar-refractivity contribution in [1.29, 1.82) is 0 Å². The third-order valence-corrected chi connectivity index (χ3v) is 5.35. The summed E-state index contributed by atoms with van der Waals surface area (Å²) in [7, 11) is 0. The molecule has 0 atom stereocenters. The number of halogens is 1. The number of nitrogens with zero attached hydrogens (tertiary/aromatic N) is 1. The maximum atomic E-state index is 11.1. The SMILES string of the molecule is O=C(O)c1cc2c(SCc3ccc(Cl)cc3)cncc2s1. The van der Waals surface area contributed by atoms with Crippen molar-refractivity contribution in [2.24, 2.45) is 0 Å². The van der Waals surface area contributed by atoms with Gasteiger partial charge in [0.25, 0.3) is 0 Å². The first-order chi connectivity index (χ1) is 10.1. The predicted octanol–water partition coefficient (Wildman–Crippen LogP) is 4.94. The van der Waals surface area contributed by atoms with Crippen molar-refractivity contribution in [3.63, 3.8) is 0 Å². The molecule has 1 aromatic carbocycles. The maximum Gasteiger partial charge on any atom is 0.345 e. The van der Waals surface area contributed by atoms with E-state index in [1.165, 1.54) is 11.3 Å². The third-order valence-electron chi connectivity index (χ3n) is 2.93. The molecule has 3 rings (SSSR count). The van der Waals surface area contributed by atoms with Crippen molar-refractivity contribution in [2.75, 3.05) is 0 Å². The van der Waals surface area contributed by atoms with Crippen molar-refractivity contribution in [3.8, 4) is 0 Å². The fourth-order valence-corrected chi connectivity index (χ4v) is 3.96. The summed E-state index contributed by atoms with van der Waals surface area (Å²) in [5.41, 5.74) is 1.16. The molecule has 21 heavy (non-hydrogen) atoms. The van der Waals surface area contributed by atoms with Crippen LogP contribution in [0.15, 0.2) is 47.6 Å². The highest BCUT2D eigenvalue weighted by molar-refractivity contribution is 7.98. The minimum Gasteiger partial charge on any atom is -0.477 e. The van der Waals surface area contributed by atoms with E-state index in [4.69, 9.17) is 16.7 Å². The van der Waals surface area contributed by atoms with E-state index in [-0.39, 0.29) is 0 Å². The fourth-order valence-electron chi connectivity index (χ4n) is 1.90. The van der Waals surface area contributed by atoms with Gasteiger partial charge in [-0.1, -0.05) is 23.7 Å². The smallest absolute Gasteiger partial charge is 0.345 e. The van der Waals surface area contributed by atoms with Gasteiger partial charge in [-0.05, 0) is 23.8 Å². The second-order valence-electron chi connectivity index (χ2n) is 4.38. The summed E-state index contributed by atoms with van der Waals surface area (Å²) in [4.78, 5) is 16.6. The van der Waals surface area contributed by atoms with E-state index >= 15 is 0 Å². The van der Waals surface area contributed by atoms with E-state index in [0.29, 0.717) is 4.88 Å². The van der Waals surface area contributed by atoms with Crippen LogP contribution in [0.4, 0.5) is 0 Å². The number of thioether (sulfide) groups is 1. The minimum absolute atomic E-state index is 0.339. The normalized spacial score (nSPS) is 10.9. The number of aromatic carboxylic acids is 1. The molecule has 0 amide bonds. The van der Waals surface area contributed by atoms with Crippen LogP contribution in [0.1, 0.15) is 15.2 Å². The molecule has 0 unspecified atom stereocenters. The first kappa shape index (κ1) is 14.4. The molecule has 106 valence electrons. The Bertz CT molecular complexity index is 799. The average Bonchev–Trinajstić information content (AvgIpc) is 2.91. The molecule has 0 spiro atoms. The fraction of sp³-hybridized carbons (Fsp3) is 0.0667. The molecule has 0 saturated heterocycles. The molecule has 3 aromatic rings. The van der Waals surface area contributed by atoms with Crippen molar-refractivity contribution in [2.45, 2.75) is 10.6 Å². The monoisotopic (exact) mass is 335 g/mol. The molecule has 0 aliphatic carbocycles. The van der Waals surface area contributed by atoms with Crippen LogP contribution < -0.4 is 0 Å². The number of aromatic nitrogens is 1. The first-order valence-corrected chi connectivity index (χ1v) is 8.29. The molecule has 0 saturated carbocycles. The number of carbonyl (C=O) groups is 1. The third kappa shape index (κ3) is 3.20. The van der Waals surface area contributed by atoms with Gasteiger partial charge in [0.1, 0.15) is 4.88 Å². The molecule has 0 fully saturated rings. The second kappa shape index (κ2) is 6.05. The molecule has 0 bridgehead atoms. The summed E-state index contributed by atoms with van der Waals surface area (Å²) in [6.07, 6.45) is 3.49. The Morgan fingerprint density at radius 1 is 1.29 bits per heavy atom. The van der Waals surface area contributed by atoms with Gasteiger partial charge in [0, 0.05) is 33.5 Å². The van der Waals surface area contributed by atoms with Crippen molar-refractivity contribution >= 4 is 50.8 Å². The highest BCUT2D eigenvalue weighted by atomic mass is 35.5. The predicted molar refractivity (Wildman–Crippen MR) is 87.6 cm³/mol. The maximum absolute atomic E-state index is 11.1. The molecule has 0 radical (unpaired) electrons. The largest absolute Gasteiger partial charge is 0.477 e. The zero-order valence-corrected chi connectivity index (χ0v) is 13.1. The van der Waals surface area contributed by atoms with Crippen LogP contribution in [0.2, 0.25) is 5.02 Å². The summed E-state index contributed by atoms with van der Waals surface area (Å²) < 4.78 is 0.897. The van der Waals surface area contributed by atoms with Gasteiger partial charge in [0.2, 0.25) is 0 Å². The van der Waals surface area contributed by atoms with Crippen LogP contribution in [0.5, 0.6) is 0 Å². The van der Waals surface area contributed by atoms with Crippen LogP contribution in [-0.4, -0.2) is 16.1 Å². The van der Waals surface area contributed by atoms with Gasteiger partial charge >= 0.3 is 5.97 Å². The second-order valence-corrected chi connectivity index (χ2v) is 6.92. The van der Waals surface area contributed by atoms with Crippen molar-refractivity contribution in [3.05, 3.63) is 58.2 Å². The van der Waals surface area contributed by atoms with Crippen LogP contribution in [-0.2, 0) is 5.75 Å². The molecule has 2 heterocycles. The van der Waals surface area contributed by atoms with E-state index in [2.05, 4.69) is 4.98 Å². The van der Waals surface area contributed by atoms with Crippen LogP contribution in [0.3, 0.4) is 0 Å². The van der Waals surface area contributed by atoms with Gasteiger partial charge in [-0.3, -0.25) is 4.98 Å². The van der Waals surface area contributed by atoms with Crippen LogP contribution in [0.25, 0.3) is 10.1 Å². The standard InChI is InChI=1S/C15H10ClNO2S2/c16-10-3-1-9(2-4-10)8-20-13-6-17-7-14-11(13)5-12(21-14)15(18)19/h1-7H,8H2,(H,18,19). The summed E-state index contributed by atoms with van der Waals surface area (Å²) in [6, 6.07) is 9.42. The number of hydrogen-bond donors (Lipinski definition) is 1. The first-order valence-electron chi connectivity index (χ1n) is 6.11. The number of carboxylic acids is 1. The highest BCUT2D eigenvalue weighted by Crippen LogP contribution is 2.34. The van der Waals surface area contributed by atoms with Gasteiger partial charge in [-0.15, -0.1) is 23.1 Å². The molecule has 2 aromatic heterocycles. The lowest BCUT2D eigenvalue weighted by molar-refractivity contribution is 0.0702. The number of fused-ring (bicyclic) bond motifs is 1. The van der Waals surface area contributed by atoms with Gasteiger partial charge in [0.15, 0.2) is 0 Å². The summed E-state index contributed by atoms with van der Waals surface area (Å²) in [5.74, 6) is -0.110. The lowest BCUT2D eigenvalue weighted by atomic mass is 10.2. The molecule has 6 heteroatoms. The number of hydrogen-bond acceptors (Lipinski definition) is 4.